The fourth-order valence-corrected chi connectivity index (χ4v) is 6.10. The van der Waals surface area contributed by atoms with Gasteiger partial charge in [-0.25, -0.2) is 16.8 Å². The number of amides is 1. The highest BCUT2D eigenvalue weighted by molar-refractivity contribution is 7.93. The van der Waals surface area contributed by atoms with Crippen molar-refractivity contribution in [3.05, 3.63) is 83.9 Å². The molecule has 0 spiro atoms. The number of rotatable bonds is 6. The summed E-state index contributed by atoms with van der Waals surface area (Å²) in [6, 6.07) is 19.2. The minimum absolute atomic E-state index is 0.101. The first-order chi connectivity index (χ1) is 15.6. The molecule has 2 N–H and O–H groups in total. The van der Waals surface area contributed by atoms with Crippen molar-refractivity contribution < 1.29 is 21.6 Å². The first kappa shape index (κ1) is 22.8. The number of carbonyl (C=O) groups is 1. The Morgan fingerprint density at radius 1 is 0.939 bits per heavy atom. The molecule has 0 saturated carbocycles. The molecule has 3 aromatic rings. The van der Waals surface area contributed by atoms with Gasteiger partial charge in [-0.15, -0.1) is 0 Å². The van der Waals surface area contributed by atoms with Gasteiger partial charge in [-0.3, -0.25) is 13.8 Å². The maximum absolute atomic E-state index is 12.7. The number of carbonyl (C=O) groups excluding carboxylic acids is 1. The Morgan fingerprint density at radius 3 is 2.24 bits per heavy atom. The number of nitrogens with zero attached hydrogens (tertiary/aromatic N) is 1. The molecule has 0 radical (unpaired) electrons. The van der Waals surface area contributed by atoms with E-state index in [0.717, 1.165) is 5.56 Å². The number of aryl methyl sites for hydroxylation is 1. The summed E-state index contributed by atoms with van der Waals surface area (Å²) < 4.78 is 53.2. The lowest BCUT2D eigenvalue weighted by atomic mass is 10.1. The zero-order valence-electron chi connectivity index (χ0n) is 17.9. The van der Waals surface area contributed by atoms with Crippen LogP contribution in [-0.2, 0) is 20.0 Å². The number of hydrogen-bond donors (Lipinski definition) is 2. The number of anilines is 3. The Hall–Kier alpha value is -3.37. The Labute approximate surface area is 193 Å². The molecule has 0 atom stereocenters. The highest BCUT2D eigenvalue weighted by Gasteiger charge is 2.28. The van der Waals surface area contributed by atoms with E-state index in [9.17, 15) is 21.6 Å². The Kier molecular flexibility index (Phi) is 6.13. The zero-order valence-corrected chi connectivity index (χ0v) is 19.5. The van der Waals surface area contributed by atoms with E-state index in [1.807, 2.05) is 6.92 Å². The van der Waals surface area contributed by atoms with Gasteiger partial charge in [-0.05, 0) is 67.9 Å². The molecule has 0 aliphatic carbocycles. The summed E-state index contributed by atoms with van der Waals surface area (Å²) in [5.41, 5.74) is 2.56. The third-order valence-corrected chi connectivity index (χ3v) is 8.49. The normalized spacial score (nSPS) is 15.2. The van der Waals surface area contributed by atoms with Gasteiger partial charge in [0.25, 0.3) is 15.9 Å². The summed E-state index contributed by atoms with van der Waals surface area (Å²) in [4.78, 5) is 12.8. The van der Waals surface area contributed by atoms with E-state index >= 15 is 0 Å². The predicted octanol–water partition coefficient (Wildman–Crippen LogP) is 3.59. The van der Waals surface area contributed by atoms with E-state index in [1.165, 1.54) is 16.4 Å². The van der Waals surface area contributed by atoms with Crippen LogP contribution in [0.25, 0.3) is 0 Å². The summed E-state index contributed by atoms with van der Waals surface area (Å²) in [6.07, 6.45) is 0.554. The number of benzene rings is 3. The highest BCUT2D eigenvalue weighted by Crippen LogP contribution is 2.25. The van der Waals surface area contributed by atoms with E-state index in [2.05, 4.69) is 10.0 Å². The van der Waals surface area contributed by atoms with E-state index in [0.29, 0.717) is 35.6 Å². The minimum atomic E-state index is -3.72. The highest BCUT2D eigenvalue weighted by atomic mass is 32.2. The van der Waals surface area contributed by atoms with Crippen LogP contribution in [0.5, 0.6) is 0 Å². The summed E-state index contributed by atoms with van der Waals surface area (Å²) in [5.74, 6) is -0.301. The van der Waals surface area contributed by atoms with Crippen LogP contribution in [-0.4, -0.2) is 35.0 Å². The largest absolute Gasteiger partial charge is 0.322 e. The molecular weight excluding hydrogens is 462 g/mol. The van der Waals surface area contributed by atoms with Crippen molar-refractivity contribution in [2.45, 2.75) is 18.2 Å². The standard InChI is InChI=1S/C23H23N3O5S2/c1-17-6-12-22(13-7-17)33(30,31)25-20-10-8-19(9-11-20)24-23(27)18-4-2-5-21(16-18)26-14-3-15-32(26,28)29/h2,4-13,16,25H,3,14-15H2,1H3,(H,24,27). The van der Waals surface area contributed by atoms with Crippen molar-refractivity contribution in [2.24, 2.45) is 0 Å². The van der Waals surface area contributed by atoms with Crippen molar-refractivity contribution in [2.75, 3.05) is 26.6 Å². The third-order valence-electron chi connectivity index (χ3n) is 5.22. The molecule has 1 heterocycles. The number of nitrogens with one attached hydrogen (secondary N) is 2. The summed E-state index contributed by atoms with van der Waals surface area (Å²) in [5, 5.41) is 2.74. The first-order valence-electron chi connectivity index (χ1n) is 10.3. The lowest BCUT2D eigenvalue weighted by molar-refractivity contribution is 0.102. The molecule has 0 bridgehead atoms. The van der Waals surface area contributed by atoms with Gasteiger partial charge in [0, 0.05) is 23.5 Å². The maximum Gasteiger partial charge on any atom is 0.261 e. The van der Waals surface area contributed by atoms with Gasteiger partial charge in [0.05, 0.1) is 16.3 Å². The van der Waals surface area contributed by atoms with E-state index in [4.69, 9.17) is 0 Å². The molecule has 0 unspecified atom stereocenters. The molecule has 33 heavy (non-hydrogen) atoms. The molecule has 1 amide bonds. The third kappa shape index (κ3) is 5.18. The van der Waals surface area contributed by atoms with E-state index < -0.39 is 26.0 Å². The molecule has 172 valence electrons. The van der Waals surface area contributed by atoms with E-state index in [1.54, 1.807) is 60.7 Å². The second kappa shape index (κ2) is 8.87. The molecule has 0 aromatic heterocycles. The van der Waals surface area contributed by atoms with Crippen molar-refractivity contribution >= 4 is 43.0 Å². The monoisotopic (exact) mass is 485 g/mol. The summed E-state index contributed by atoms with van der Waals surface area (Å²) >= 11 is 0. The van der Waals surface area contributed by atoms with Crippen molar-refractivity contribution in [3.63, 3.8) is 0 Å². The van der Waals surface area contributed by atoms with Crippen LogP contribution in [0, 0.1) is 6.92 Å². The van der Waals surface area contributed by atoms with Crippen LogP contribution in [0.15, 0.2) is 77.7 Å². The predicted molar refractivity (Wildman–Crippen MR) is 129 cm³/mol. The average Bonchev–Trinajstić information content (AvgIpc) is 3.14. The average molecular weight is 486 g/mol. The Bertz CT molecular complexity index is 1380. The van der Waals surface area contributed by atoms with Crippen molar-refractivity contribution in [1.29, 1.82) is 0 Å². The molecule has 1 aliphatic rings. The van der Waals surface area contributed by atoms with Crippen LogP contribution in [0.2, 0.25) is 0 Å². The molecule has 1 aliphatic heterocycles. The van der Waals surface area contributed by atoms with Crippen LogP contribution in [0.4, 0.5) is 17.1 Å². The van der Waals surface area contributed by atoms with Crippen LogP contribution in [0.1, 0.15) is 22.3 Å². The van der Waals surface area contributed by atoms with Gasteiger partial charge >= 0.3 is 0 Å². The number of hydrogen-bond acceptors (Lipinski definition) is 5. The Balaban J connectivity index is 1.44. The van der Waals surface area contributed by atoms with Crippen LogP contribution >= 0.6 is 0 Å². The minimum Gasteiger partial charge on any atom is -0.322 e. The maximum atomic E-state index is 12.7. The van der Waals surface area contributed by atoms with Gasteiger partial charge < -0.3 is 5.32 Å². The zero-order chi connectivity index (χ0) is 23.6. The molecule has 8 nitrogen and oxygen atoms in total. The first-order valence-corrected chi connectivity index (χ1v) is 13.3. The van der Waals surface area contributed by atoms with Gasteiger partial charge in [0.1, 0.15) is 0 Å². The summed E-state index contributed by atoms with van der Waals surface area (Å²) in [6.45, 7) is 2.27. The van der Waals surface area contributed by atoms with Gasteiger partial charge in [-0.2, -0.15) is 0 Å². The second-order valence-corrected chi connectivity index (χ2v) is 11.4. The van der Waals surface area contributed by atoms with Gasteiger partial charge in [-0.1, -0.05) is 23.8 Å². The SMILES string of the molecule is Cc1ccc(S(=O)(=O)Nc2ccc(NC(=O)c3cccc(N4CCCS4(=O)=O)c3)cc2)cc1. The fourth-order valence-electron chi connectivity index (χ4n) is 3.49. The topological polar surface area (TPSA) is 113 Å². The van der Waals surface area contributed by atoms with Gasteiger partial charge in [0.15, 0.2) is 0 Å². The van der Waals surface area contributed by atoms with Crippen LogP contribution < -0.4 is 14.3 Å². The second-order valence-electron chi connectivity index (χ2n) is 7.74. The van der Waals surface area contributed by atoms with Crippen LogP contribution in [0.3, 0.4) is 0 Å². The van der Waals surface area contributed by atoms with Crippen molar-refractivity contribution in [3.8, 4) is 0 Å². The summed E-state index contributed by atoms with van der Waals surface area (Å²) in [7, 11) is -7.06. The van der Waals surface area contributed by atoms with Gasteiger partial charge in [0.2, 0.25) is 10.0 Å². The molecule has 10 heteroatoms. The lowest BCUT2D eigenvalue weighted by Gasteiger charge is -2.17. The molecule has 1 fully saturated rings. The van der Waals surface area contributed by atoms with E-state index in [-0.39, 0.29) is 10.6 Å². The van der Waals surface area contributed by atoms with Crippen molar-refractivity contribution in [1.82, 2.24) is 0 Å². The molecule has 3 aromatic carbocycles. The molecule has 1 saturated heterocycles. The smallest absolute Gasteiger partial charge is 0.261 e. The Morgan fingerprint density at radius 2 is 1.61 bits per heavy atom. The number of sulfonamides is 2. The lowest BCUT2D eigenvalue weighted by Crippen LogP contribution is -2.25. The quantitative estimate of drug-likeness (QED) is 0.554. The molecular formula is C23H23N3O5S2. The molecule has 4 rings (SSSR count). The fraction of sp³-hybridized carbons (Fsp3) is 0.174.